The molecule has 5 heteroatoms. The number of likely N-dealkylation sites (N-methyl/N-ethyl adjacent to an activating group) is 1. The second-order valence-corrected chi connectivity index (χ2v) is 5.34. The number of aliphatic hydroxyl groups is 1. The molecule has 19 heavy (non-hydrogen) atoms. The van der Waals surface area contributed by atoms with Crippen LogP contribution in [-0.4, -0.2) is 46.3 Å². The number of nitrogens with two attached hydrogens (primary N) is 1. The van der Waals surface area contributed by atoms with Crippen molar-refractivity contribution in [3.05, 3.63) is 29.8 Å². The van der Waals surface area contributed by atoms with E-state index in [1.807, 2.05) is 0 Å². The molecule has 0 saturated carbocycles. The average Bonchev–Trinajstić information content (AvgIpc) is 2.39. The smallest absolute Gasteiger partial charge is 0.240 e. The van der Waals surface area contributed by atoms with E-state index in [0.717, 1.165) is 5.56 Å². The molecule has 0 fully saturated rings. The maximum absolute atomic E-state index is 12.2. The number of benzene rings is 1. The van der Waals surface area contributed by atoms with Gasteiger partial charge in [0.25, 0.3) is 0 Å². The van der Waals surface area contributed by atoms with Crippen molar-refractivity contribution in [3.63, 3.8) is 0 Å². The summed E-state index contributed by atoms with van der Waals surface area (Å²) in [6.45, 7) is 3.43. The number of carbonyl (C=O) groups excluding carboxylic acids is 1. The summed E-state index contributed by atoms with van der Waals surface area (Å²) in [6, 6.07) is 5.93. The summed E-state index contributed by atoms with van der Waals surface area (Å²) < 4.78 is 0. The van der Waals surface area contributed by atoms with Crippen molar-refractivity contribution in [1.29, 1.82) is 0 Å². The zero-order valence-corrected chi connectivity index (χ0v) is 11.6. The monoisotopic (exact) mass is 266 g/mol. The minimum Gasteiger partial charge on any atom is -0.508 e. The highest BCUT2D eigenvalue weighted by molar-refractivity contribution is 5.82. The van der Waals surface area contributed by atoms with E-state index >= 15 is 0 Å². The molecule has 5 nitrogen and oxygen atoms in total. The van der Waals surface area contributed by atoms with E-state index in [-0.39, 0.29) is 18.3 Å². The van der Waals surface area contributed by atoms with Gasteiger partial charge in [0.15, 0.2) is 0 Å². The predicted molar refractivity (Wildman–Crippen MR) is 73.7 cm³/mol. The number of carbonyl (C=O) groups is 1. The summed E-state index contributed by atoms with van der Waals surface area (Å²) in [6.07, 6.45) is 0.394. The van der Waals surface area contributed by atoms with Crippen molar-refractivity contribution in [2.45, 2.75) is 31.8 Å². The molecule has 1 atom stereocenters. The fraction of sp³-hybridized carbons (Fsp3) is 0.500. The largest absolute Gasteiger partial charge is 0.508 e. The molecule has 0 heterocycles. The standard InChI is InChI=1S/C14H22N2O3/c1-14(2,9-17)16(3)13(19)12(15)8-10-4-6-11(18)7-5-10/h4-7,12,17-18H,8-9,15H2,1-3H3. The fourth-order valence-electron chi connectivity index (χ4n) is 1.63. The van der Waals surface area contributed by atoms with Crippen LogP contribution >= 0.6 is 0 Å². The third kappa shape index (κ3) is 3.94. The number of hydrogen-bond donors (Lipinski definition) is 3. The van der Waals surface area contributed by atoms with Crippen LogP contribution in [0.4, 0.5) is 0 Å². The summed E-state index contributed by atoms with van der Waals surface area (Å²) in [7, 11) is 1.63. The number of amides is 1. The molecular formula is C14H22N2O3. The Balaban J connectivity index is 2.70. The van der Waals surface area contributed by atoms with Crippen LogP contribution < -0.4 is 5.73 Å². The van der Waals surface area contributed by atoms with Gasteiger partial charge in [-0.3, -0.25) is 4.79 Å². The van der Waals surface area contributed by atoms with Crippen molar-refractivity contribution in [2.75, 3.05) is 13.7 Å². The highest BCUT2D eigenvalue weighted by Gasteiger charge is 2.29. The lowest BCUT2D eigenvalue weighted by Crippen LogP contribution is -2.53. The van der Waals surface area contributed by atoms with Gasteiger partial charge in [0, 0.05) is 7.05 Å². The summed E-state index contributed by atoms with van der Waals surface area (Å²) in [5, 5.41) is 18.4. The Hall–Kier alpha value is -1.59. The number of phenols is 1. The van der Waals surface area contributed by atoms with Gasteiger partial charge in [-0.2, -0.15) is 0 Å². The van der Waals surface area contributed by atoms with E-state index in [0.29, 0.717) is 6.42 Å². The minimum atomic E-state index is -0.666. The molecule has 0 radical (unpaired) electrons. The van der Waals surface area contributed by atoms with Gasteiger partial charge in [-0.25, -0.2) is 0 Å². The molecule has 0 aliphatic heterocycles. The predicted octanol–water partition coefficient (Wildman–Crippen LogP) is 0.491. The van der Waals surface area contributed by atoms with Crippen LogP contribution in [0.5, 0.6) is 5.75 Å². The first-order valence-electron chi connectivity index (χ1n) is 6.20. The van der Waals surface area contributed by atoms with Crippen LogP contribution in [0.2, 0.25) is 0 Å². The van der Waals surface area contributed by atoms with Gasteiger partial charge in [0.1, 0.15) is 5.75 Å². The Kier molecular flexibility index (Phi) is 4.91. The Labute approximate surface area is 113 Å². The van der Waals surface area contributed by atoms with E-state index in [9.17, 15) is 15.0 Å². The van der Waals surface area contributed by atoms with Crippen LogP contribution in [0, 0.1) is 0 Å². The van der Waals surface area contributed by atoms with Crippen molar-refractivity contribution >= 4 is 5.91 Å². The van der Waals surface area contributed by atoms with Crippen LogP contribution in [0.3, 0.4) is 0 Å². The van der Waals surface area contributed by atoms with E-state index in [4.69, 9.17) is 5.73 Å². The first-order valence-corrected chi connectivity index (χ1v) is 6.20. The molecule has 0 spiro atoms. The number of hydrogen-bond acceptors (Lipinski definition) is 4. The average molecular weight is 266 g/mol. The van der Waals surface area contributed by atoms with E-state index < -0.39 is 11.6 Å². The lowest BCUT2D eigenvalue weighted by molar-refractivity contribution is -0.137. The van der Waals surface area contributed by atoms with Crippen LogP contribution in [0.1, 0.15) is 19.4 Å². The third-order valence-corrected chi connectivity index (χ3v) is 3.33. The van der Waals surface area contributed by atoms with Gasteiger partial charge in [-0.15, -0.1) is 0 Å². The maximum atomic E-state index is 12.2. The van der Waals surface area contributed by atoms with Crippen molar-refractivity contribution < 1.29 is 15.0 Å². The molecule has 1 unspecified atom stereocenters. The molecule has 0 aliphatic carbocycles. The lowest BCUT2D eigenvalue weighted by Gasteiger charge is -2.35. The topological polar surface area (TPSA) is 86.8 Å². The van der Waals surface area contributed by atoms with E-state index in [1.54, 1.807) is 45.2 Å². The Morgan fingerprint density at radius 2 is 1.89 bits per heavy atom. The normalized spacial score (nSPS) is 13.1. The SMILES string of the molecule is CN(C(=O)C(N)Cc1ccc(O)cc1)C(C)(C)CO. The highest BCUT2D eigenvalue weighted by atomic mass is 16.3. The first-order chi connectivity index (χ1) is 8.77. The molecule has 0 saturated heterocycles. The van der Waals surface area contributed by atoms with Gasteiger partial charge in [-0.1, -0.05) is 12.1 Å². The quantitative estimate of drug-likeness (QED) is 0.724. The molecule has 1 aromatic rings. The van der Waals surface area contributed by atoms with Gasteiger partial charge in [-0.05, 0) is 38.0 Å². The van der Waals surface area contributed by atoms with Gasteiger partial charge < -0.3 is 20.8 Å². The Morgan fingerprint density at radius 3 is 2.37 bits per heavy atom. The van der Waals surface area contributed by atoms with Crippen LogP contribution in [0.25, 0.3) is 0 Å². The molecule has 1 rings (SSSR count). The molecule has 1 aromatic carbocycles. The third-order valence-electron chi connectivity index (χ3n) is 3.33. The Morgan fingerprint density at radius 1 is 1.37 bits per heavy atom. The maximum Gasteiger partial charge on any atom is 0.240 e. The summed E-state index contributed by atoms with van der Waals surface area (Å²) >= 11 is 0. The van der Waals surface area contributed by atoms with E-state index in [1.165, 1.54) is 4.90 Å². The highest BCUT2D eigenvalue weighted by Crippen LogP contribution is 2.15. The number of aromatic hydroxyl groups is 1. The lowest BCUT2D eigenvalue weighted by atomic mass is 10.0. The molecule has 1 amide bonds. The molecule has 106 valence electrons. The minimum absolute atomic E-state index is 0.124. The van der Waals surface area contributed by atoms with Gasteiger partial charge in [0.05, 0.1) is 18.2 Å². The number of aliphatic hydroxyl groups excluding tert-OH is 1. The van der Waals surface area contributed by atoms with E-state index in [2.05, 4.69) is 0 Å². The second kappa shape index (κ2) is 6.04. The fourth-order valence-corrected chi connectivity index (χ4v) is 1.63. The summed E-state index contributed by atoms with van der Waals surface area (Å²) in [5.41, 5.74) is 6.15. The Bertz CT molecular complexity index is 429. The number of rotatable bonds is 5. The summed E-state index contributed by atoms with van der Waals surface area (Å²) in [5.74, 6) is -0.0331. The zero-order valence-electron chi connectivity index (χ0n) is 11.6. The number of phenolic OH excluding ortho intramolecular Hbond substituents is 1. The molecule has 0 bridgehead atoms. The van der Waals surface area contributed by atoms with Gasteiger partial charge in [0.2, 0.25) is 5.91 Å². The first kappa shape index (κ1) is 15.5. The molecule has 0 aromatic heterocycles. The summed E-state index contributed by atoms with van der Waals surface area (Å²) in [4.78, 5) is 13.6. The van der Waals surface area contributed by atoms with Crippen molar-refractivity contribution in [1.82, 2.24) is 4.90 Å². The molecular weight excluding hydrogens is 244 g/mol. The van der Waals surface area contributed by atoms with Gasteiger partial charge >= 0.3 is 0 Å². The number of nitrogens with zero attached hydrogens (tertiary/aromatic N) is 1. The second-order valence-electron chi connectivity index (χ2n) is 5.34. The molecule has 0 aliphatic rings. The van der Waals surface area contributed by atoms with Crippen molar-refractivity contribution in [2.24, 2.45) is 5.73 Å². The van der Waals surface area contributed by atoms with Crippen LogP contribution in [0.15, 0.2) is 24.3 Å². The van der Waals surface area contributed by atoms with Crippen molar-refractivity contribution in [3.8, 4) is 5.75 Å². The zero-order chi connectivity index (χ0) is 14.6. The van der Waals surface area contributed by atoms with Crippen LogP contribution in [-0.2, 0) is 11.2 Å². The molecule has 4 N–H and O–H groups in total.